The number of nitrogens with two attached hydrogens (primary N) is 1. The van der Waals surface area contributed by atoms with Gasteiger partial charge in [0.1, 0.15) is 5.75 Å². The first kappa shape index (κ1) is 13.1. The molecule has 0 aliphatic heterocycles. The second kappa shape index (κ2) is 5.08. The van der Waals surface area contributed by atoms with E-state index in [0.717, 1.165) is 25.3 Å². The quantitative estimate of drug-likeness (QED) is 0.833. The summed E-state index contributed by atoms with van der Waals surface area (Å²) in [4.78, 5) is 0. The Morgan fingerprint density at radius 1 is 1.28 bits per heavy atom. The molecule has 0 saturated heterocycles. The van der Waals surface area contributed by atoms with Crippen LogP contribution in [0.25, 0.3) is 0 Å². The number of anilines is 1. The monoisotopic (exact) mass is 259 g/mol. The van der Waals surface area contributed by atoms with Gasteiger partial charge in [-0.3, -0.25) is 0 Å². The molecule has 100 valence electrons. The van der Waals surface area contributed by atoms with Crippen molar-refractivity contribution in [2.24, 2.45) is 5.92 Å². The van der Waals surface area contributed by atoms with Gasteiger partial charge in [-0.15, -0.1) is 0 Å². The molecule has 2 N–H and O–H groups in total. The zero-order chi connectivity index (χ0) is 13.2. The summed E-state index contributed by atoms with van der Waals surface area (Å²) in [5, 5.41) is 0. The summed E-state index contributed by atoms with van der Waals surface area (Å²) in [5.74, 6) is 0.490. The van der Waals surface area contributed by atoms with E-state index in [0.29, 0.717) is 12.5 Å². The Balaban J connectivity index is 2.01. The maximum atomic E-state index is 12.8. The van der Waals surface area contributed by atoms with Crippen LogP contribution in [0, 0.1) is 5.92 Å². The van der Waals surface area contributed by atoms with Crippen molar-refractivity contribution in [1.29, 1.82) is 0 Å². The summed E-state index contributed by atoms with van der Waals surface area (Å²) in [7, 11) is 0. The Labute approximate surface area is 104 Å². The van der Waals surface area contributed by atoms with Crippen molar-refractivity contribution in [3.8, 4) is 5.75 Å². The molecule has 1 aliphatic rings. The van der Waals surface area contributed by atoms with Crippen LogP contribution in [0.2, 0.25) is 0 Å². The van der Waals surface area contributed by atoms with E-state index < -0.39 is 11.7 Å². The van der Waals surface area contributed by atoms with Crippen LogP contribution in [-0.2, 0) is 6.18 Å². The third-order valence-corrected chi connectivity index (χ3v) is 3.32. The Bertz CT molecular complexity index is 413. The summed E-state index contributed by atoms with van der Waals surface area (Å²) in [6.45, 7) is 0.331. The normalized spacial score (nSPS) is 16.4. The molecular weight excluding hydrogens is 243 g/mol. The molecule has 0 unspecified atom stereocenters. The molecule has 0 aromatic heterocycles. The van der Waals surface area contributed by atoms with Gasteiger partial charge in [0.05, 0.1) is 12.2 Å². The second-order valence-electron chi connectivity index (χ2n) is 4.69. The smallest absolute Gasteiger partial charge is 0.420 e. The number of alkyl halides is 3. The van der Waals surface area contributed by atoms with Crippen LogP contribution in [0.5, 0.6) is 5.75 Å². The van der Waals surface area contributed by atoms with Gasteiger partial charge in [0.25, 0.3) is 0 Å². The molecular formula is C13H16F3NO. The van der Waals surface area contributed by atoms with Crippen molar-refractivity contribution in [3.63, 3.8) is 0 Å². The molecule has 0 heterocycles. The van der Waals surface area contributed by atoms with Crippen LogP contribution < -0.4 is 10.5 Å². The molecule has 1 saturated carbocycles. The zero-order valence-corrected chi connectivity index (χ0v) is 9.96. The molecule has 18 heavy (non-hydrogen) atoms. The summed E-state index contributed by atoms with van der Waals surface area (Å²) < 4.78 is 43.5. The molecule has 0 amide bonds. The summed E-state index contributed by atoms with van der Waals surface area (Å²) in [5.41, 5.74) is 4.67. The molecule has 1 aliphatic carbocycles. The van der Waals surface area contributed by atoms with E-state index in [1.165, 1.54) is 18.6 Å². The lowest BCUT2D eigenvalue weighted by Gasteiger charge is -2.25. The van der Waals surface area contributed by atoms with Crippen molar-refractivity contribution in [3.05, 3.63) is 23.8 Å². The maximum Gasteiger partial charge on any atom is 0.420 e. The molecule has 0 radical (unpaired) electrons. The highest BCUT2D eigenvalue weighted by Gasteiger charge is 2.34. The third kappa shape index (κ3) is 3.09. The maximum absolute atomic E-state index is 12.8. The molecule has 1 aromatic rings. The fraction of sp³-hybridized carbons (Fsp3) is 0.538. The first-order valence-electron chi connectivity index (χ1n) is 6.06. The second-order valence-corrected chi connectivity index (χ2v) is 4.69. The lowest BCUT2D eigenvalue weighted by Crippen LogP contribution is -2.16. The number of hydrogen-bond acceptors (Lipinski definition) is 2. The molecule has 2 rings (SSSR count). The summed E-state index contributed by atoms with van der Waals surface area (Å²) in [6, 6.07) is 3.63. The van der Waals surface area contributed by atoms with Gasteiger partial charge in [-0.2, -0.15) is 13.2 Å². The number of nitrogen functional groups attached to an aromatic ring is 1. The van der Waals surface area contributed by atoms with Crippen LogP contribution in [-0.4, -0.2) is 6.61 Å². The standard InChI is InChI=1S/C13H16F3NO/c14-13(15,16)11-8-10(17)4-5-12(11)18-7-6-9-2-1-3-9/h4-5,8-9H,1-3,6-7,17H2. The minimum atomic E-state index is -4.43. The fourth-order valence-corrected chi connectivity index (χ4v) is 2.01. The lowest BCUT2D eigenvalue weighted by atomic mass is 9.83. The van der Waals surface area contributed by atoms with Gasteiger partial charge >= 0.3 is 6.18 Å². The Hall–Kier alpha value is -1.39. The van der Waals surface area contributed by atoms with Gasteiger partial charge < -0.3 is 10.5 Å². The third-order valence-electron chi connectivity index (χ3n) is 3.32. The van der Waals surface area contributed by atoms with E-state index in [-0.39, 0.29) is 11.4 Å². The van der Waals surface area contributed by atoms with Crippen LogP contribution in [0.1, 0.15) is 31.2 Å². The molecule has 2 nitrogen and oxygen atoms in total. The minimum absolute atomic E-state index is 0.0914. The van der Waals surface area contributed by atoms with Crippen molar-refractivity contribution in [2.45, 2.75) is 31.9 Å². The molecule has 1 fully saturated rings. The van der Waals surface area contributed by atoms with E-state index in [9.17, 15) is 13.2 Å². The van der Waals surface area contributed by atoms with Crippen LogP contribution in [0.3, 0.4) is 0 Å². The SMILES string of the molecule is Nc1ccc(OCCC2CCC2)c(C(F)(F)F)c1. The van der Waals surface area contributed by atoms with Gasteiger partial charge in [0, 0.05) is 5.69 Å². The summed E-state index contributed by atoms with van der Waals surface area (Å²) >= 11 is 0. The predicted molar refractivity (Wildman–Crippen MR) is 63.3 cm³/mol. The van der Waals surface area contributed by atoms with Gasteiger partial charge in [-0.05, 0) is 30.5 Å². The largest absolute Gasteiger partial charge is 0.493 e. The summed E-state index contributed by atoms with van der Waals surface area (Å²) in [6.07, 6.45) is -0.0579. The van der Waals surface area contributed by atoms with Gasteiger partial charge in [0.15, 0.2) is 0 Å². The van der Waals surface area contributed by atoms with E-state index in [1.54, 1.807) is 0 Å². The van der Waals surface area contributed by atoms with Crippen molar-refractivity contribution in [2.75, 3.05) is 12.3 Å². The van der Waals surface area contributed by atoms with Crippen LogP contribution in [0.4, 0.5) is 18.9 Å². The van der Waals surface area contributed by atoms with E-state index in [1.807, 2.05) is 0 Å². The molecule has 1 aromatic carbocycles. The zero-order valence-electron chi connectivity index (χ0n) is 9.96. The van der Waals surface area contributed by atoms with Crippen molar-refractivity contribution in [1.82, 2.24) is 0 Å². The van der Waals surface area contributed by atoms with Gasteiger partial charge in [0.2, 0.25) is 0 Å². The topological polar surface area (TPSA) is 35.2 Å². The van der Waals surface area contributed by atoms with Crippen LogP contribution >= 0.6 is 0 Å². The Kier molecular flexibility index (Phi) is 3.68. The predicted octanol–water partition coefficient (Wildman–Crippen LogP) is 3.86. The number of hydrogen-bond donors (Lipinski definition) is 1. The average Bonchev–Trinajstić information content (AvgIpc) is 2.22. The lowest BCUT2D eigenvalue weighted by molar-refractivity contribution is -0.138. The highest BCUT2D eigenvalue weighted by atomic mass is 19.4. The first-order chi connectivity index (χ1) is 8.47. The van der Waals surface area contributed by atoms with E-state index in [4.69, 9.17) is 10.5 Å². The number of rotatable bonds is 4. The number of halogens is 3. The van der Waals surface area contributed by atoms with Crippen molar-refractivity contribution < 1.29 is 17.9 Å². The highest BCUT2D eigenvalue weighted by Crippen LogP contribution is 2.37. The molecule has 0 bridgehead atoms. The molecule has 5 heteroatoms. The van der Waals surface area contributed by atoms with Crippen molar-refractivity contribution >= 4 is 5.69 Å². The van der Waals surface area contributed by atoms with Crippen LogP contribution in [0.15, 0.2) is 18.2 Å². The molecule has 0 spiro atoms. The number of ether oxygens (including phenoxy) is 1. The average molecular weight is 259 g/mol. The van der Waals surface area contributed by atoms with E-state index in [2.05, 4.69) is 0 Å². The Morgan fingerprint density at radius 2 is 2.00 bits per heavy atom. The molecule has 0 atom stereocenters. The van der Waals surface area contributed by atoms with E-state index >= 15 is 0 Å². The Morgan fingerprint density at radius 3 is 2.56 bits per heavy atom. The highest BCUT2D eigenvalue weighted by molar-refractivity contribution is 5.49. The minimum Gasteiger partial charge on any atom is -0.493 e. The van der Waals surface area contributed by atoms with Gasteiger partial charge in [-0.1, -0.05) is 19.3 Å². The first-order valence-corrected chi connectivity index (χ1v) is 6.06. The van der Waals surface area contributed by atoms with Gasteiger partial charge in [-0.25, -0.2) is 0 Å². The fourth-order valence-electron chi connectivity index (χ4n) is 2.01. The number of benzene rings is 1.